The first-order chi connectivity index (χ1) is 11.6. The molecule has 4 heteroatoms. The topological polar surface area (TPSA) is 53.7 Å². The van der Waals surface area contributed by atoms with Crippen molar-refractivity contribution in [2.75, 3.05) is 27.4 Å². The molecule has 2 aromatic rings. The van der Waals surface area contributed by atoms with Gasteiger partial charge in [0.2, 0.25) is 0 Å². The van der Waals surface area contributed by atoms with E-state index in [-0.39, 0.29) is 5.92 Å². The maximum absolute atomic E-state index is 6.04. The Morgan fingerprint density at radius 2 is 1.67 bits per heavy atom. The Labute approximate surface area is 144 Å². The van der Waals surface area contributed by atoms with Crippen LogP contribution < -0.4 is 19.9 Å². The molecule has 1 unspecified atom stereocenters. The molecule has 0 heterocycles. The lowest BCUT2D eigenvalue weighted by Gasteiger charge is -2.18. The number of nitrogens with two attached hydrogens (primary N) is 1. The molecule has 2 rings (SSSR count). The van der Waals surface area contributed by atoms with Gasteiger partial charge in [0.25, 0.3) is 0 Å². The van der Waals surface area contributed by atoms with Gasteiger partial charge in [0.1, 0.15) is 5.75 Å². The van der Waals surface area contributed by atoms with Crippen LogP contribution in [0.15, 0.2) is 36.4 Å². The highest BCUT2D eigenvalue weighted by atomic mass is 16.5. The highest BCUT2D eigenvalue weighted by Crippen LogP contribution is 2.31. The third-order valence-corrected chi connectivity index (χ3v) is 4.18. The van der Waals surface area contributed by atoms with Crippen LogP contribution in [0.1, 0.15) is 29.5 Å². The van der Waals surface area contributed by atoms with Crippen LogP contribution in [0.25, 0.3) is 0 Å². The lowest BCUT2D eigenvalue weighted by Crippen LogP contribution is -2.15. The predicted octanol–water partition coefficient (Wildman–Crippen LogP) is 3.70. The standard InChI is InChI=1S/C20H27NO3/c1-5-24-18-9-7-16(10-14(18)2)17(13-21)11-15-6-8-19(22-3)20(12-15)23-4/h6-10,12,17H,5,11,13,21H2,1-4H3. The number of methoxy groups -OCH3 is 2. The summed E-state index contributed by atoms with van der Waals surface area (Å²) >= 11 is 0. The molecule has 2 aromatic carbocycles. The van der Waals surface area contributed by atoms with Crippen molar-refractivity contribution in [3.8, 4) is 17.2 Å². The summed E-state index contributed by atoms with van der Waals surface area (Å²) in [5.74, 6) is 2.66. The molecule has 0 amide bonds. The zero-order chi connectivity index (χ0) is 17.5. The SMILES string of the molecule is CCOc1ccc(C(CN)Cc2ccc(OC)c(OC)c2)cc1C. The second kappa shape index (κ2) is 8.60. The molecule has 130 valence electrons. The van der Waals surface area contributed by atoms with E-state index in [1.54, 1.807) is 14.2 Å². The van der Waals surface area contributed by atoms with Gasteiger partial charge in [-0.3, -0.25) is 0 Å². The Hall–Kier alpha value is -2.20. The predicted molar refractivity (Wildman–Crippen MR) is 97.4 cm³/mol. The van der Waals surface area contributed by atoms with Crippen LogP contribution >= 0.6 is 0 Å². The van der Waals surface area contributed by atoms with Crippen molar-refractivity contribution < 1.29 is 14.2 Å². The first-order valence-electron chi connectivity index (χ1n) is 8.27. The number of hydrogen-bond acceptors (Lipinski definition) is 4. The normalized spacial score (nSPS) is 11.9. The van der Waals surface area contributed by atoms with Gasteiger partial charge in [-0.25, -0.2) is 0 Å². The van der Waals surface area contributed by atoms with Gasteiger partial charge < -0.3 is 19.9 Å². The van der Waals surface area contributed by atoms with Crippen LogP contribution in [0.3, 0.4) is 0 Å². The molecule has 0 bridgehead atoms. The first kappa shape index (κ1) is 18.1. The van der Waals surface area contributed by atoms with Gasteiger partial charge in [-0.1, -0.05) is 18.2 Å². The summed E-state index contributed by atoms with van der Waals surface area (Å²) in [7, 11) is 3.29. The zero-order valence-corrected chi connectivity index (χ0v) is 15.0. The van der Waals surface area contributed by atoms with Gasteiger partial charge in [-0.05, 0) is 61.7 Å². The second-order valence-electron chi connectivity index (χ2n) is 5.78. The van der Waals surface area contributed by atoms with E-state index in [1.807, 2.05) is 25.1 Å². The fourth-order valence-electron chi connectivity index (χ4n) is 2.87. The van der Waals surface area contributed by atoms with Crippen LogP contribution in [-0.4, -0.2) is 27.4 Å². The van der Waals surface area contributed by atoms with E-state index in [0.717, 1.165) is 29.2 Å². The van der Waals surface area contributed by atoms with Gasteiger partial charge in [-0.15, -0.1) is 0 Å². The monoisotopic (exact) mass is 329 g/mol. The molecule has 0 aromatic heterocycles. The van der Waals surface area contributed by atoms with E-state index in [1.165, 1.54) is 11.1 Å². The van der Waals surface area contributed by atoms with Crippen LogP contribution in [0, 0.1) is 6.92 Å². The van der Waals surface area contributed by atoms with E-state index in [2.05, 4.69) is 25.1 Å². The summed E-state index contributed by atoms with van der Waals surface area (Å²) < 4.78 is 16.3. The average molecular weight is 329 g/mol. The van der Waals surface area contributed by atoms with Gasteiger partial charge in [0, 0.05) is 5.92 Å². The van der Waals surface area contributed by atoms with Gasteiger partial charge in [0.05, 0.1) is 20.8 Å². The van der Waals surface area contributed by atoms with Crippen molar-refractivity contribution in [2.24, 2.45) is 5.73 Å². The molecule has 0 radical (unpaired) electrons. The second-order valence-corrected chi connectivity index (χ2v) is 5.78. The van der Waals surface area contributed by atoms with E-state index in [0.29, 0.717) is 13.2 Å². The average Bonchev–Trinajstić information content (AvgIpc) is 2.61. The lowest BCUT2D eigenvalue weighted by molar-refractivity contribution is 0.337. The minimum atomic E-state index is 0.248. The zero-order valence-electron chi connectivity index (χ0n) is 15.0. The first-order valence-corrected chi connectivity index (χ1v) is 8.27. The van der Waals surface area contributed by atoms with Crippen molar-refractivity contribution in [1.29, 1.82) is 0 Å². The Balaban J connectivity index is 2.21. The van der Waals surface area contributed by atoms with Crippen molar-refractivity contribution in [1.82, 2.24) is 0 Å². The summed E-state index contributed by atoms with van der Waals surface area (Å²) in [4.78, 5) is 0. The number of aryl methyl sites for hydroxylation is 1. The third-order valence-electron chi connectivity index (χ3n) is 4.18. The van der Waals surface area contributed by atoms with Crippen molar-refractivity contribution in [3.05, 3.63) is 53.1 Å². The van der Waals surface area contributed by atoms with E-state index in [4.69, 9.17) is 19.9 Å². The minimum absolute atomic E-state index is 0.248. The summed E-state index contributed by atoms with van der Waals surface area (Å²) in [5.41, 5.74) is 9.58. The molecule has 24 heavy (non-hydrogen) atoms. The molecular weight excluding hydrogens is 302 g/mol. The Kier molecular flexibility index (Phi) is 6.50. The molecule has 0 aliphatic rings. The molecule has 0 aliphatic carbocycles. The van der Waals surface area contributed by atoms with Gasteiger partial charge >= 0.3 is 0 Å². The lowest BCUT2D eigenvalue weighted by atomic mass is 9.91. The molecule has 0 aliphatic heterocycles. The largest absolute Gasteiger partial charge is 0.494 e. The maximum Gasteiger partial charge on any atom is 0.160 e. The van der Waals surface area contributed by atoms with Gasteiger partial charge in [-0.2, -0.15) is 0 Å². The molecule has 2 N–H and O–H groups in total. The quantitative estimate of drug-likeness (QED) is 0.802. The number of ether oxygens (including phenoxy) is 3. The van der Waals surface area contributed by atoms with Crippen LogP contribution in [0.4, 0.5) is 0 Å². The number of rotatable bonds is 8. The van der Waals surface area contributed by atoms with Crippen LogP contribution in [-0.2, 0) is 6.42 Å². The molecule has 1 atom stereocenters. The smallest absolute Gasteiger partial charge is 0.160 e. The molecule has 4 nitrogen and oxygen atoms in total. The van der Waals surface area contributed by atoms with Crippen LogP contribution in [0.5, 0.6) is 17.2 Å². The van der Waals surface area contributed by atoms with Crippen molar-refractivity contribution in [2.45, 2.75) is 26.2 Å². The molecule has 0 spiro atoms. The van der Waals surface area contributed by atoms with E-state index < -0.39 is 0 Å². The number of hydrogen-bond donors (Lipinski definition) is 1. The Morgan fingerprint density at radius 1 is 0.958 bits per heavy atom. The summed E-state index contributed by atoms with van der Waals surface area (Å²) in [6.07, 6.45) is 0.851. The third kappa shape index (κ3) is 4.20. The Morgan fingerprint density at radius 3 is 2.25 bits per heavy atom. The summed E-state index contributed by atoms with van der Waals surface area (Å²) in [6.45, 7) is 5.32. The van der Waals surface area contributed by atoms with E-state index in [9.17, 15) is 0 Å². The summed E-state index contributed by atoms with van der Waals surface area (Å²) in [6, 6.07) is 12.3. The molecule has 0 saturated carbocycles. The highest BCUT2D eigenvalue weighted by Gasteiger charge is 2.14. The molecule has 0 saturated heterocycles. The fourth-order valence-corrected chi connectivity index (χ4v) is 2.87. The van der Waals surface area contributed by atoms with E-state index >= 15 is 0 Å². The maximum atomic E-state index is 6.04. The summed E-state index contributed by atoms with van der Waals surface area (Å²) in [5, 5.41) is 0. The van der Waals surface area contributed by atoms with Crippen molar-refractivity contribution >= 4 is 0 Å². The van der Waals surface area contributed by atoms with Crippen LogP contribution in [0.2, 0.25) is 0 Å². The Bertz CT molecular complexity index is 670. The highest BCUT2D eigenvalue weighted by molar-refractivity contribution is 5.44. The minimum Gasteiger partial charge on any atom is -0.494 e. The number of benzene rings is 2. The molecular formula is C20H27NO3. The molecule has 0 fully saturated rings. The van der Waals surface area contributed by atoms with Gasteiger partial charge in [0.15, 0.2) is 11.5 Å². The van der Waals surface area contributed by atoms with Crippen molar-refractivity contribution in [3.63, 3.8) is 0 Å². The fraction of sp³-hybridized carbons (Fsp3) is 0.400.